The van der Waals surface area contributed by atoms with Gasteiger partial charge in [0.25, 0.3) is 5.91 Å². The molecule has 1 fully saturated rings. The van der Waals surface area contributed by atoms with Crippen molar-refractivity contribution in [2.24, 2.45) is 5.92 Å². The molecular formula is C13H16F2N2O. The molecule has 3 nitrogen and oxygen atoms in total. The van der Waals surface area contributed by atoms with Gasteiger partial charge in [-0.15, -0.1) is 0 Å². The Balaban J connectivity index is 1.83. The molecule has 0 aliphatic carbocycles. The summed E-state index contributed by atoms with van der Waals surface area (Å²) in [5.41, 5.74) is 0.0250. The highest BCUT2D eigenvalue weighted by atomic mass is 19.1. The first-order chi connectivity index (χ1) is 8.65. The third-order valence-electron chi connectivity index (χ3n) is 3.13. The summed E-state index contributed by atoms with van der Waals surface area (Å²) >= 11 is 0. The van der Waals surface area contributed by atoms with Gasteiger partial charge < -0.3 is 10.6 Å². The number of carbonyl (C=O) groups excluding carboxylic acids is 1. The zero-order valence-corrected chi connectivity index (χ0v) is 10.0. The Kier molecular flexibility index (Phi) is 4.25. The van der Waals surface area contributed by atoms with Crippen molar-refractivity contribution in [2.75, 3.05) is 19.6 Å². The van der Waals surface area contributed by atoms with Gasteiger partial charge in [-0.25, -0.2) is 8.78 Å². The first-order valence-corrected chi connectivity index (χ1v) is 6.10. The minimum absolute atomic E-state index is 0.0250. The molecule has 1 aliphatic rings. The van der Waals surface area contributed by atoms with Crippen LogP contribution < -0.4 is 10.6 Å². The molecule has 18 heavy (non-hydrogen) atoms. The van der Waals surface area contributed by atoms with E-state index in [1.807, 2.05) is 0 Å². The Morgan fingerprint density at radius 2 is 2.06 bits per heavy atom. The van der Waals surface area contributed by atoms with Gasteiger partial charge in [0, 0.05) is 18.2 Å². The molecule has 0 aromatic heterocycles. The van der Waals surface area contributed by atoms with E-state index < -0.39 is 17.5 Å². The molecule has 1 saturated heterocycles. The molecule has 0 saturated carbocycles. The van der Waals surface area contributed by atoms with Crippen molar-refractivity contribution >= 4 is 5.91 Å². The quantitative estimate of drug-likeness (QED) is 0.858. The van der Waals surface area contributed by atoms with Gasteiger partial charge in [-0.1, -0.05) is 0 Å². The summed E-state index contributed by atoms with van der Waals surface area (Å²) in [5, 5.41) is 5.93. The van der Waals surface area contributed by atoms with Crippen LogP contribution >= 0.6 is 0 Å². The van der Waals surface area contributed by atoms with Gasteiger partial charge in [-0.3, -0.25) is 4.79 Å². The SMILES string of the molecule is O=C(NCCC1CCNC1)c1cc(F)cc(F)c1. The number of hydrogen-bond donors (Lipinski definition) is 2. The number of amides is 1. The normalized spacial score (nSPS) is 18.9. The van der Waals surface area contributed by atoms with Crippen molar-refractivity contribution in [3.63, 3.8) is 0 Å². The number of carbonyl (C=O) groups is 1. The summed E-state index contributed by atoms with van der Waals surface area (Å²) in [6, 6.07) is 2.83. The molecule has 1 aliphatic heterocycles. The van der Waals surface area contributed by atoms with E-state index >= 15 is 0 Å². The highest BCUT2D eigenvalue weighted by molar-refractivity contribution is 5.94. The van der Waals surface area contributed by atoms with Gasteiger partial charge in [0.05, 0.1) is 0 Å². The van der Waals surface area contributed by atoms with E-state index in [-0.39, 0.29) is 5.56 Å². The Bertz CT molecular complexity index is 411. The molecule has 0 radical (unpaired) electrons. The van der Waals surface area contributed by atoms with Crippen LogP contribution in [0.3, 0.4) is 0 Å². The van der Waals surface area contributed by atoms with E-state index in [1.165, 1.54) is 0 Å². The summed E-state index contributed by atoms with van der Waals surface area (Å²) in [4.78, 5) is 11.7. The monoisotopic (exact) mass is 254 g/mol. The van der Waals surface area contributed by atoms with Crippen LogP contribution in [-0.4, -0.2) is 25.5 Å². The van der Waals surface area contributed by atoms with Gasteiger partial charge in [0.1, 0.15) is 11.6 Å². The van der Waals surface area contributed by atoms with Crippen molar-refractivity contribution in [2.45, 2.75) is 12.8 Å². The fourth-order valence-corrected chi connectivity index (χ4v) is 2.14. The van der Waals surface area contributed by atoms with Gasteiger partial charge >= 0.3 is 0 Å². The van der Waals surface area contributed by atoms with Crippen LogP contribution in [0.15, 0.2) is 18.2 Å². The summed E-state index contributed by atoms with van der Waals surface area (Å²) in [6.45, 7) is 2.53. The van der Waals surface area contributed by atoms with E-state index in [9.17, 15) is 13.6 Å². The number of halogens is 2. The topological polar surface area (TPSA) is 41.1 Å². The standard InChI is InChI=1S/C13H16F2N2O/c14-11-5-10(6-12(15)7-11)13(18)17-4-2-9-1-3-16-8-9/h5-7,9,16H,1-4,8H2,(H,17,18). The summed E-state index contributed by atoms with van der Waals surface area (Å²) < 4.78 is 25.9. The molecule has 1 aromatic carbocycles. The molecule has 98 valence electrons. The molecular weight excluding hydrogens is 238 g/mol. The molecule has 1 atom stereocenters. The van der Waals surface area contributed by atoms with Crippen molar-refractivity contribution in [1.82, 2.24) is 10.6 Å². The molecule has 1 heterocycles. The van der Waals surface area contributed by atoms with E-state index in [0.29, 0.717) is 12.5 Å². The van der Waals surface area contributed by atoms with Gasteiger partial charge in [-0.2, -0.15) is 0 Å². The molecule has 0 bridgehead atoms. The van der Waals surface area contributed by atoms with Crippen LogP contribution in [0.25, 0.3) is 0 Å². The lowest BCUT2D eigenvalue weighted by molar-refractivity contribution is 0.0950. The highest BCUT2D eigenvalue weighted by Crippen LogP contribution is 2.11. The van der Waals surface area contributed by atoms with Gasteiger partial charge in [-0.05, 0) is 44.0 Å². The predicted octanol–water partition coefficient (Wildman–Crippen LogP) is 1.69. The van der Waals surface area contributed by atoms with E-state index in [0.717, 1.165) is 44.1 Å². The second-order valence-corrected chi connectivity index (χ2v) is 4.56. The third-order valence-corrected chi connectivity index (χ3v) is 3.13. The Morgan fingerprint density at radius 1 is 1.33 bits per heavy atom. The van der Waals surface area contributed by atoms with Crippen molar-refractivity contribution in [3.05, 3.63) is 35.4 Å². The van der Waals surface area contributed by atoms with Crippen LogP contribution in [0.1, 0.15) is 23.2 Å². The van der Waals surface area contributed by atoms with E-state index in [2.05, 4.69) is 10.6 Å². The molecule has 1 amide bonds. The average Bonchev–Trinajstić information content (AvgIpc) is 2.80. The lowest BCUT2D eigenvalue weighted by atomic mass is 10.1. The number of benzene rings is 1. The molecule has 5 heteroatoms. The van der Waals surface area contributed by atoms with E-state index in [4.69, 9.17) is 0 Å². The average molecular weight is 254 g/mol. The second kappa shape index (κ2) is 5.91. The zero-order chi connectivity index (χ0) is 13.0. The summed E-state index contributed by atoms with van der Waals surface area (Å²) in [5.74, 6) is -1.32. The van der Waals surface area contributed by atoms with E-state index in [1.54, 1.807) is 0 Å². The second-order valence-electron chi connectivity index (χ2n) is 4.56. The number of nitrogens with one attached hydrogen (secondary N) is 2. The van der Waals surface area contributed by atoms with Crippen molar-refractivity contribution in [1.29, 1.82) is 0 Å². The number of rotatable bonds is 4. The Hall–Kier alpha value is -1.49. The minimum Gasteiger partial charge on any atom is -0.352 e. The first kappa shape index (κ1) is 13.0. The van der Waals surface area contributed by atoms with Gasteiger partial charge in [0.2, 0.25) is 0 Å². The van der Waals surface area contributed by atoms with Crippen LogP contribution in [0, 0.1) is 17.6 Å². The van der Waals surface area contributed by atoms with Crippen molar-refractivity contribution < 1.29 is 13.6 Å². The molecule has 2 N–H and O–H groups in total. The lowest BCUT2D eigenvalue weighted by Crippen LogP contribution is -2.26. The summed E-state index contributed by atoms with van der Waals surface area (Å²) in [6.07, 6.45) is 2.00. The van der Waals surface area contributed by atoms with Crippen LogP contribution in [0.2, 0.25) is 0 Å². The molecule has 2 rings (SSSR count). The highest BCUT2D eigenvalue weighted by Gasteiger charge is 2.14. The van der Waals surface area contributed by atoms with Crippen LogP contribution in [0.5, 0.6) is 0 Å². The largest absolute Gasteiger partial charge is 0.352 e. The van der Waals surface area contributed by atoms with Crippen molar-refractivity contribution in [3.8, 4) is 0 Å². The van der Waals surface area contributed by atoms with Crippen LogP contribution in [0.4, 0.5) is 8.78 Å². The predicted molar refractivity (Wildman–Crippen MR) is 64.3 cm³/mol. The lowest BCUT2D eigenvalue weighted by Gasteiger charge is -2.09. The fourth-order valence-electron chi connectivity index (χ4n) is 2.14. The van der Waals surface area contributed by atoms with Crippen LogP contribution in [-0.2, 0) is 0 Å². The zero-order valence-electron chi connectivity index (χ0n) is 10.0. The van der Waals surface area contributed by atoms with Gasteiger partial charge in [0.15, 0.2) is 0 Å². The summed E-state index contributed by atoms with van der Waals surface area (Å²) in [7, 11) is 0. The third kappa shape index (κ3) is 3.50. The fraction of sp³-hybridized carbons (Fsp3) is 0.462. The first-order valence-electron chi connectivity index (χ1n) is 6.10. The molecule has 0 spiro atoms. The maximum absolute atomic E-state index is 12.9. The maximum atomic E-state index is 12.9. The Morgan fingerprint density at radius 3 is 2.67 bits per heavy atom. The molecule has 1 unspecified atom stereocenters. The maximum Gasteiger partial charge on any atom is 0.251 e. The Labute approximate surface area is 105 Å². The smallest absolute Gasteiger partial charge is 0.251 e. The molecule has 1 aromatic rings. The number of hydrogen-bond acceptors (Lipinski definition) is 2. The minimum atomic E-state index is -0.736.